The SMILES string of the molecule is O=C(Nc1ccncc1)c1ccc(OC2CCCC2)c2sc3ccccc3c12. The summed E-state index contributed by atoms with van der Waals surface area (Å²) >= 11 is 1.69. The smallest absolute Gasteiger partial charge is 0.256 e. The predicted molar refractivity (Wildman–Crippen MR) is 114 cm³/mol. The molecule has 1 N–H and O–H groups in total. The normalized spacial score (nSPS) is 14.6. The summed E-state index contributed by atoms with van der Waals surface area (Å²) in [6, 6.07) is 15.7. The summed E-state index contributed by atoms with van der Waals surface area (Å²) < 4.78 is 8.56. The van der Waals surface area contributed by atoms with E-state index in [0.717, 1.165) is 44.5 Å². The van der Waals surface area contributed by atoms with Gasteiger partial charge in [0, 0.05) is 39.1 Å². The number of amides is 1. The molecule has 1 aliphatic rings. The van der Waals surface area contributed by atoms with Crippen LogP contribution in [-0.2, 0) is 0 Å². The molecule has 28 heavy (non-hydrogen) atoms. The lowest BCUT2D eigenvalue weighted by Crippen LogP contribution is -2.13. The summed E-state index contributed by atoms with van der Waals surface area (Å²) in [7, 11) is 0. The summed E-state index contributed by atoms with van der Waals surface area (Å²) in [5.41, 5.74) is 1.40. The number of hydrogen-bond donors (Lipinski definition) is 1. The number of anilines is 1. The molecule has 0 aliphatic heterocycles. The van der Waals surface area contributed by atoms with Gasteiger partial charge in [-0.2, -0.15) is 0 Å². The zero-order chi connectivity index (χ0) is 18.9. The molecule has 0 bridgehead atoms. The largest absolute Gasteiger partial charge is 0.489 e. The van der Waals surface area contributed by atoms with Gasteiger partial charge in [0.2, 0.25) is 0 Å². The Hall–Kier alpha value is -2.92. The number of benzene rings is 2. The van der Waals surface area contributed by atoms with E-state index in [9.17, 15) is 4.79 Å². The molecule has 1 saturated carbocycles. The van der Waals surface area contributed by atoms with Crippen molar-refractivity contribution in [3.05, 3.63) is 66.5 Å². The van der Waals surface area contributed by atoms with Crippen LogP contribution in [0.15, 0.2) is 60.9 Å². The molecule has 0 radical (unpaired) electrons. The van der Waals surface area contributed by atoms with Gasteiger partial charge >= 0.3 is 0 Å². The molecule has 0 spiro atoms. The lowest BCUT2D eigenvalue weighted by atomic mass is 10.0. The van der Waals surface area contributed by atoms with Crippen molar-refractivity contribution in [1.82, 2.24) is 4.98 Å². The van der Waals surface area contributed by atoms with Crippen LogP contribution in [0.2, 0.25) is 0 Å². The Morgan fingerprint density at radius 2 is 1.82 bits per heavy atom. The minimum atomic E-state index is -0.118. The van der Waals surface area contributed by atoms with Crippen molar-refractivity contribution in [2.24, 2.45) is 0 Å². The molecule has 2 heterocycles. The first-order chi connectivity index (χ1) is 13.8. The number of rotatable bonds is 4. The monoisotopic (exact) mass is 388 g/mol. The first-order valence-corrected chi connectivity index (χ1v) is 10.4. The molecule has 4 aromatic rings. The number of aromatic nitrogens is 1. The Morgan fingerprint density at radius 3 is 2.64 bits per heavy atom. The second-order valence-corrected chi connectivity index (χ2v) is 8.18. The Balaban J connectivity index is 1.62. The maximum absolute atomic E-state index is 13.1. The van der Waals surface area contributed by atoms with Crippen molar-refractivity contribution in [2.45, 2.75) is 31.8 Å². The molecule has 1 aliphatic carbocycles. The van der Waals surface area contributed by atoms with E-state index < -0.39 is 0 Å². The van der Waals surface area contributed by atoms with Gasteiger partial charge < -0.3 is 10.1 Å². The zero-order valence-corrected chi connectivity index (χ0v) is 16.2. The van der Waals surface area contributed by atoms with Gasteiger partial charge in [0.1, 0.15) is 5.75 Å². The van der Waals surface area contributed by atoms with E-state index in [0.29, 0.717) is 5.56 Å². The lowest BCUT2D eigenvalue weighted by Gasteiger charge is -2.15. The van der Waals surface area contributed by atoms with Crippen LogP contribution in [-0.4, -0.2) is 17.0 Å². The molecule has 140 valence electrons. The fourth-order valence-corrected chi connectivity index (χ4v) is 5.09. The second kappa shape index (κ2) is 7.24. The first-order valence-electron chi connectivity index (χ1n) is 9.62. The van der Waals surface area contributed by atoms with Gasteiger partial charge in [0.05, 0.1) is 10.8 Å². The molecule has 0 unspecified atom stereocenters. The van der Waals surface area contributed by atoms with E-state index in [-0.39, 0.29) is 12.0 Å². The summed E-state index contributed by atoms with van der Waals surface area (Å²) in [5, 5.41) is 5.05. The first kappa shape index (κ1) is 17.2. The summed E-state index contributed by atoms with van der Waals surface area (Å²) in [5.74, 6) is 0.774. The average Bonchev–Trinajstić information content (AvgIpc) is 3.37. The lowest BCUT2D eigenvalue weighted by molar-refractivity contribution is 0.102. The van der Waals surface area contributed by atoms with Crippen LogP contribution in [0.4, 0.5) is 5.69 Å². The standard InChI is InChI=1S/C23H20N2O2S/c26-23(25-15-11-13-24-14-12-15)18-9-10-19(27-16-5-1-2-6-16)22-21(18)17-7-3-4-8-20(17)28-22/h3-4,7-14,16H,1-2,5-6H2,(H,24,25,26). The van der Waals surface area contributed by atoms with E-state index >= 15 is 0 Å². The van der Waals surface area contributed by atoms with Crippen LogP contribution in [0.1, 0.15) is 36.0 Å². The highest BCUT2D eigenvalue weighted by Crippen LogP contribution is 2.42. The van der Waals surface area contributed by atoms with Gasteiger partial charge in [-0.25, -0.2) is 0 Å². The van der Waals surface area contributed by atoms with Gasteiger partial charge in [-0.05, 0) is 56.0 Å². The molecule has 2 aromatic heterocycles. The fraction of sp³-hybridized carbons (Fsp3) is 0.217. The molecule has 5 rings (SSSR count). The van der Waals surface area contributed by atoms with Gasteiger partial charge in [0.15, 0.2) is 0 Å². The number of nitrogens with one attached hydrogen (secondary N) is 1. The number of hydrogen-bond acceptors (Lipinski definition) is 4. The Morgan fingerprint density at radius 1 is 1.04 bits per heavy atom. The molecule has 0 atom stereocenters. The topological polar surface area (TPSA) is 51.2 Å². The van der Waals surface area contributed by atoms with E-state index in [1.54, 1.807) is 35.9 Å². The van der Waals surface area contributed by atoms with Gasteiger partial charge in [0.25, 0.3) is 5.91 Å². The number of pyridine rings is 1. The van der Waals surface area contributed by atoms with E-state index in [1.807, 2.05) is 24.3 Å². The molecular weight excluding hydrogens is 368 g/mol. The van der Waals surface area contributed by atoms with Gasteiger partial charge in [-0.3, -0.25) is 9.78 Å². The number of carbonyl (C=O) groups excluding carboxylic acids is 1. The highest BCUT2D eigenvalue weighted by Gasteiger charge is 2.22. The van der Waals surface area contributed by atoms with Crippen molar-refractivity contribution >= 4 is 43.1 Å². The minimum Gasteiger partial charge on any atom is -0.489 e. The second-order valence-electron chi connectivity index (χ2n) is 7.13. The molecule has 0 saturated heterocycles. The number of ether oxygens (including phenoxy) is 1. The van der Waals surface area contributed by atoms with Gasteiger partial charge in [-0.1, -0.05) is 18.2 Å². The van der Waals surface area contributed by atoms with E-state index in [2.05, 4.69) is 22.4 Å². The molecule has 1 amide bonds. The predicted octanol–water partition coefficient (Wildman–Crippen LogP) is 6.02. The summed E-state index contributed by atoms with van der Waals surface area (Å²) in [6.45, 7) is 0. The molecular formula is C23H20N2O2S. The molecule has 2 aromatic carbocycles. The van der Waals surface area contributed by atoms with Crippen molar-refractivity contribution < 1.29 is 9.53 Å². The van der Waals surface area contributed by atoms with E-state index in [4.69, 9.17) is 4.74 Å². The van der Waals surface area contributed by atoms with Crippen LogP contribution in [0.3, 0.4) is 0 Å². The Labute approximate surface area is 167 Å². The van der Waals surface area contributed by atoms with Gasteiger partial charge in [-0.15, -0.1) is 11.3 Å². The number of thiophene rings is 1. The number of carbonyl (C=O) groups is 1. The Bertz CT molecular complexity index is 1150. The maximum Gasteiger partial charge on any atom is 0.256 e. The maximum atomic E-state index is 13.1. The molecule has 5 heteroatoms. The quantitative estimate of drug-likeness (QED) is 0.465. The minimum absolute atomic E-state index is 0.118. The third-order valence-electron chi connectivity index (χ3n) is 5.27. The van der Waals surface area contributed by atoms with E-state index in [1.165, 1.54) is 12.8 Å². The third kappa shape index (κ3) is 3.12. The van der Waals surface area contributed by atoms with Crippen molar-refractivity contribution in [2.75, 3.05) is 5.32 Å². The molecule has 1 fully saturated rings. The number of fused-ring (bicyclic) bond motifs is 3. The highest BCUT2D eigenvalue weighted by atomic mass is 32.1. The molecule has 4 nitrogen and oxygen atoms in total. The summed E-state index contributed by atoms with van der Waals surface area (Å²) in [4.78, 5) is 17.1. The van der Waals surface area contributed by atoms with Crippen molar-refractivity contribution in [3.8, 4) is 5.75 Å². The Kier molecular flexibility index (Phi) is 4.45. The zero-order valence-electron chi connectivity index (χ0n) is 15.4. The summed E-state index contributed by atoms with van der Waals surface area (Å²) in [6.07, 6.45) is 8.30. The van der Waals surface area contributed by atoms with Crippen LogP contribution in [0, 0.1) is 0 Å². The van der Waals surface area contributed by atoms with Crippen LogP contribution in [0.25, 0.3) is 20.2 Å². The average molecular weight is 388 g/mol. The van der Waals surface area contributed by atoms with Crippen molar-refractivity contribution in [1.29, 1.82) is 0 Å². The number of nitrogens with zero attached hydrogens (tertiary/aromatic N) is 1. The van der Waals surface area contributed by atoms with Crippen LogP contribution in [0.5, 0.6) is 5.75 Å². The van der Waals surface area contributed by atoms with Crippen LogP contribution < -0.4 is 10.1 Å². The van der Waals surface area contributed by atoms with Crippen LogP contribution >= 0.6 is 11.3 Å². The fourth-order valence-electron chi connectivity index (χ4n) is 3.91. The van der Waals surface area contributed by atoms with Crippen molar-refractivity contribution in [3.63, 3.8) is 0 Å². The highest BCUT2D eigenvalue weighted by molar-refractivity contribution is 7.26. The third-order valence-corrected chi connectivity index (χ3v) is 6.45.